The molecule has 120 valence electrons. The Morgan fingerprint density at radius 3 is 2.91 bits per heavy atom. The van der Waals surface area contributed by atoms with Gasteiger partial charge in [0.25, 0.3) is 0 Å². The monoisotopic (exact) mass is 330 g/mol. The van der Waals surface area contributed by atoms with Gasteiger partial charge in [-0.2, -0.15) is 4.37 Å². The summed E-state index contributed by atoms with van der Waals surface area (Å²) in [5, 5.41) is 12.5. The number of hydrogen-bond donors (Lipinski definition) is 1. The Bertz CT molecular complexity index is 741. The molecular weight excluding hydrogens is 312 g/mol. The van der Waals surface area contributed by atoms with Gasteiger partial charge in [-0.05, 0) is 19.1 Å². The molecule has 1 atom stereocenters. The van der Waals surface area contributed by atoms with E-state index in [0.717, 1.165) is 22.3 Å². The van der Waals surface area contributed by atoms with Crippen molar-refractivity contribution in [3.63, 3.8) is 0 Å². The number of nitrogens with zero attached hydrogens (tertiary/aromatic N) is 5. The van der Waals surface area contributed by atoms with Gasteiger partial charge in [0.2, 0.25) is 5.13 Å². The SMILES string of the molecule is COCCc1nsc(NC(C)c2cn(-c3ccccc3)nn2)n1. The Kier molecular flexibility index (Phi) is 4.94. The van der Waals surface area contributed by atoms with Crippen molar-refractivity contribution in [2.75, 3.05) is 19.0 Å². The number of rotatable bonds is 7. The molecule has 23 heavy (non-hydrogen) atoms. The number of ether oxygens (including phenoxy) is 1. The summed E-state index contributed by atoms with van der Waals surface area (Å²) in [5.41, 5.74) is 1.83. The van der Waals surface area contributed by atoms with E-state index >= 15 is 0 Å². The van der Waals surface area contributed by atoms with Gasteiger partial charge >= 0.3 is 0 Å². The lowest BCUT2D eigenvalue weighted by molar-refractivity contribution is 0.201. The zero-order chi connectivity index (χ0) is 16.1. The molecule has 0 saturated carbocycles. The smallest absolute Gasteiger partial charge is 0.203 e. The van der Waals surface area contributed by atoms with E-state index in [1.165, 1.54) is 11.5 Å². The highest BCUT2D eigenvalue weighted by Crippen LogP contribution is 2.20. The summed E-state index contributed by atoms with van der Waals surface area (Å²) in [4.78, 5) is 4.44. The standard InChI is InChI=1S/C15H18N6OS/c1-11(16-15-17-14(19-23-15)8-9-22-2)13-10-21(20-18-13)12-6-4-3-5-7-12/h3-7,10-11H,8-9H2,1-2H3,(H,16,17,19). The fraction of sp³-hybridized carbons (Fsp3) is 0.333. The van der Waals surface area contributed by atoms with Crippen molar-refractivity contribution < 1.29 is 4.74 Å². The molecule has 0 amide bonds. The van der Waals surface area contributed by atoms with Crippen LogP contribution in [0.1, 0.15) is 24.5 Å². The molecule has 1 N–H and O–H groups in total. The van der Waals surface area contributed by atoms with Crippen LogP contribution in [0.4, 0.5) is 5.13 Å². The summed E-state index contributed by atoms with van der Waals surface area (Å²) in [6, 6.07) is 9.90. The first-order valence-electron chi connectivity index (χ1n) is 7.32. The first kappa shape index (κ1) is 15.6. The lowest BCUT2D eigenvalue weighted by Crippen LogP contribution is -2.07. The highest BCUT2D eigenvalue weighted by Gasteiger charge is 2.13. The van der Waals surface area contributed by atoms with Crippen LogP contribution in [0.25, 0.3) is 5.69 Å². The van der Waals surface area contributed by atoms with Crippen molar-refractivity contribution in [3.05, 3.63) is 48.0 Å². The molecule has 0 radical (unpaired) electrons. The van der Waals surface area contributed by atoms with Gasteiger partial charge in [0.15, 0.2) is 0 Å². The molecule has 1 aromatic carbocycles. The average molecular weight is 330 g/mol. The summed E-state index contributed by atoms with van der Waals surface area (Å²) in [6.07, 6.45) is 2.63. The minimum Gasteiger partial charge on any atom is -0.384 e. The van der Waals surface area contributed by atoms with Gasteiger partial charge in [0.1, 0.15) is 11.5 Å². The highest BCUT2D eigenvalue weighted by molar-refractivity contribution is 7.09. The second-order valence-electron chi connectivity index (χ2n) is 5.05. The van der Waals surface area contributed by atoms with Gasteiger partial charge in [-0.3, -0.25) is 0 Å². The molecule has 8 heteroatoms. The van der Waals surface area contributed by atoms with E-state index in [2.05, 4.69) is 25.0 Å². The van der Waals surface area contributed by atoms with Crippen molar-refractivity contribution in [1.82, 2.24) is 24.4 Å². The highest BCUT2D eigenvalue weighted by atomic mass is 32.1. The van der Waals surface area contributed by atoms with Crippen LogP contribution in [-0.4, -0.2) is 38.1 Å². The van der Waals surface area contributed by atoms with Crippen LogP contribution in [0.5, 0.6) is 0 Å². The second kappa shape index (κ2) is 7.30. The minimum absolute atomic E-state index is 0.00399. The number of para-hydroxylation sites is 1. The van der Waals surface area contributed by atoms with Crippen LogP contribution in [-0.2, 0) is 11.2 Å². The summed E-state index contributed by atoms with van der Waals surface area (Å²) in [7, 11) is 1.67. The fourth-order valence-corrected chi connectivity index (χ4v) is 2.75. The lowest BCUT2D eigenvalue weighted by Gasteiger charge is -2.08. The summed E-state index contributed by atoms with van der Waals surface area (Å²) in [6.45, 7) is 2.65. The number of methoxy groups -OCH3 is 1. The summed E-state index contributed by atoms with van der Waals surface area (Å²) >= 11 is 1.34. The number of hydrogen-bond acceptors (Lipinski definition) is 7. The molecule has 0 fully saturated rings. The molecule has 0 bridgehead atoms. The molecule has 0 saturated heterocycles. The molecule has 3 rings (SSSR count). The predicted octanol–water partition coefficient (Wildman–Crippen LogP) is 2.48. The maximum Gasteiger partial charge on any atom is 0.203 e. The summed E-state index contributed by atoms with van der Waals surface area (Å²) in [5.74, 6) is 0.791. The third-order valence-electron chi connectivity index (χ3n) is 3.31. The Labute approximate surface area is 138 Å². The maximum atomic E-state index is 5.03. The number of nitrogens with one attached hydrogen (secondary N) is 1. The normalized spacial score (nSPS) is 12.3. The molecular formula is C15H18N6OS. The molecule has 0 aliphatic heterocycles. The first-order chi connectivity index (χ1) is 11.3. The predicted molar refractivity (Wildman–Crippen MR) is 88.9 cm³/mol. The third kappa shape index (κ3) is 3.91. The Morgan fingerprint density at radius 2 is 2.13 bits per heavy atom. The molecule has 0 spiro atoms. The van der Waals surface area contributed by atoms with Crippen LogP contribution in [0, 0.1) is 0 Å². The Morgan fingerprint density at radius 1 is 1.30 bits per heavy atom. The largest absolute Gasteiger partial charge is 0.384 e. The number of benzene rings is 1. The quantitative estimate of drug-likeness (QED) is 0.717. The van der Waals surface area contributed by atoms with Gasteiger partial charge in [0.05, 0.1) is 24.5 Å². The van der Waals surface area contributed by atoms with E-state index in [-0.39, 0.29) is 6.04 Å². The molecule has 2 aromatic heterocycles. The minimum atomic E-state index is -0.00399. The Balaban J connectivity index is 1.65. The van der Waals surface area contributed by atoms with Crippen LogP contribution >= 0.6 is 11.5 Å². The zero-order valence-electron chi connectivity index (χ0n) is 13.0. The van der Waals surface area contributed by atoms with E-state index < -0.39 is 0 Å². The number of aromatic nitrogens is 5. The zero-order valence-corrected chi connectivity index (χ0v) is 13.8. The first-order valence-corrected chi connectivity index (χ1v) is 8.09. The molecule has 0 aliphatic rings. The topological polar surface area (TPSA) is 77.8 Å². The van der Waals surface area contributed by atoms with E-state index in [4.69, 9.17) is 4.74 Å². The van der Waals surface area contributed by atoms with E-state index in [0.29, 0.717) is 13.0 Å². The summed E-state index contributed by atoms with van der Waals surface area (Å²) < 4.78 is 11.1. The lowest BCUT2D eigenvalue weighted by atomic mass is 10.2. The van der Waals surface area contributed by atoms with Gasteiger partial charge < -0.3 is 10.1 Å². The molecule has 3 aromatic rings. The van der Waals surface area contributed by atoms with E-state index in [1.54, 1.807) is 11.8 Å². The van der Waals surface area contributed by atoms with Crippen molar-refractivity contribution >= 4 is 16.7 Å². The van der Waals surface area contributed by atoms with Crippen molar-refractivity contribution in [2.45, 2.75) is 19.4 Å². The van der Waals surface area contributed by atoms with Gasteiger partial charge in [-0.15, -0.1) is 5.10 Å². The van der Waals surface area contributed by atoms with Crippen LogP contribution in [0.2, 0.25) is 0 Å². The molecule has 0 aliphatic carbocycles. The third-order valence-corrected chi connectivity index (χ3v) is 4.00. The van der Waals surface area contributed by atoms with Crippen LogP contribution in [0.15, 0.2) is 36.5 Å². The van der Waals surface area contributed by atoms with Gasteiger partial charge in [-0.1, -0.05) is 23.4 Å². The second-order valence-corrected chi connectivity index (χ2v) is 5.80. The molecule has 2 heterocycles. The molecule has 1 unspecified atom stereocenters. The van der Waals surface area contributed by atoms with Crippen LogP contribution in [0.3, 0.4) is 0 Å². The Hall–Kier alpha value is -2.32. The maximum absolute atomic E-state index is 5.03. The van der Waals surface area contributed by atoms with Gasteiger partial charge in [0, 0.05) is 25.1 Å². The van der Waals surface area contributed by atoms with Gasteiger partial charge in [-0.25, -0.2) is 9.67 Å². The van der Waals surface area contributed by atoms with E-state index in [1.807, 2.05) is 43.5 Å². The van der Waals surface area contributed by atoms with Crippen LogP contribution < -0.4 is 5.32 Å². The van der Waals surface area contributed by atoms with Crippen molar-refractivity contribution in [2.24, 2.45) is 0 Å². The molecule has 7 nitrogen and oxygen atoms in total. The van der Waals surface area contributed by atoms with E-state index in [9.17, 15) is 0 Å². The van der Waals surface area contributed by atoms with Crippen molar-refractivity contribution in [1.29, 1.82) is 0 Å². The fourth-order valence-electron chi connectivity index (χ4n) is 2.05. The average Bonchev–Trinajstić information content (AvgIpc) is 3.23. The number of anilines is 1. The van der Waals surface area contributed by atoms with Crippen molar-refractivity contribution in [3.8, 4) is 5.69 Å².